The number of non-ortho nitro benzene ring substituents is 1. The van der Waals surface area contributed by atoms with Gasteiger partial charge in [0.05, 0.1) is 15.5 Å². The van der Waals surface area contributed by atoms with Crippen LogP contribution in [0.4, 0.5) is 5.69 Å². The van der Waals surface area contributed by atoms with E-state index in [4.69, 9.17) is 11.6 Å². The van der Waals surface area contributed by atoms with Crippen molar-refractivity contribution in [2.45, 2.75) is 51.5 Å². The van der Waals surface area contributed by atoms with E-state index in [0.717, 1.165) is 17.8 Å². The average Bonchev–Trinajstić information content (AvgIpc) is 2.53. The molecule has 4 saturated carbocycles. The maximum Gasteiger partial charge on any atom is 0.270 e. The van der Waals surface area contributed by atoms with Gasteiger partial charge in [0.25, 0.3) is 11.6 Å². The number of benzene rings is 1. The van der Waals surface area contributed by atoms with Crippen molar-refractivity contribution in [1.29, 1.82) is 0 Å². The predicted molar refractivity (Wildman–Crippen MR) is 95.6 cm³/mol. The van der Waals surface area contributed by atoms with Gasteiger partial charge in [-0.2, -0.15) is 0 Å². The summed E-state index contributed by atoms with van der Waals surface area (Å²) < 4.78 is 0. The fourth-order valence-corrected chi connectivity index (χ4v) is 6.14. The number of nitro benzene ring substituents is 1. The van der Waals surface area contributed by atoms with Crippen LogP contribution in [0.25, 0.3) is 0 Å². The van der Waals surface area contributed by atoms with Gasteiger partial charge >= 0.3 is 0 Å². The molecule has 5 rings (SSSR count). The Morgan fingerprint density at radius 3 is 2.32 bits per heavy atom. The molecule has 4 bridgehead atoms. The molecule has 4 aliphatic carbocycles. The fourth-order valence-electron chi connectivity index (χ4n) is 5.94. The molecule has 0 aliphatic heterocycles. The third-order valence-corrected chi connectivity index (χ3v) is 7.09. The lowest BCUT2D eigenvalue weighted by atomic mass is 9.48. The van der Waals surface area contributed by atoms with Gasteiger partial charge in [-0.05, 0) is 74.7 Å². The Balaban J connectivity index is 1.53. The molecule has 4 fully saturated rings. The van der Waals surface area contributed by atoms with Crippen LogP contribution in [0.1, 0.15) is 55.8 Å². The quantitative estimate of drug-likeness (QED) is 0.629. The predicted octanol–water partition coefficient (Wildman–Crippen LogP) is 4.58. The first-order valence-electron chi connectivity index (χ1n) is 9.11. The third kappa shape index (κ3) is 2.92. The second-order valence-electron chi connectivity index (χ2n) is 8.40. The monoisotopic (exact) mass is 362 g/mol. The molecule has 6 heteroatoms. The number of amides is 1. The summed E-state index contributed by atoms with van der Waals surface area (Å²) in [6.45, 7) is 2.09. The van der Waals surface area contributed by atoms with Crippen LogP contribution in [0.15, 0.2) is 18.2 Å². The van der Waals surface area contributed by atoms with E-state index in [1.165, 1.54) is 56.7 Å². The van der Waals surface area contributed by atoms with E-state index in [1.54, 1.807) is 0 Å². The molecule has 4 aliphatic rings. The topological polar surface area (TPSA) is 72.2 Å². The zero-order valence-electron chi connectivity index (χ0n) is 14.3. The number of nitrogens with one attached hydrogen (secondary N) is 1. The Bertz CT molecular complexity index is 698. The van der Waals surface area contributed by atoms with Crippen molar-refractivity contribution in [1.82, 2.24) is 5.32 Å². The largest absolute Gasteiger partial charge is 0.349 e. The van der Waals surface area contributed by atoms with Crippen LogP contribution in [0.3, 0.4) is 0 Å². The summed E-state index contributed by atoms with van der Waals surface area (Å²) in [6, 6.07) is 4.07. The van der Waals surface area contributed by atoms with Gasteiger partial charge in [-0.3, -0.25) is 14.9 Å². The lowest BCUT2D eigenvalue weighted by Crippen LogP contribution is -2.55. The first kappa shape index (κ1) is 16.8. The number of hydrogen-bond acceptors (Lipinski definition) is 3. The van der Waals surface area contributed by atoms with Gasteiger partial charge in [-0.25, -0.2) is 0 Å². The summed E-state index contributed by atoms with van der Waals surface area (Å²) in [5.74, 6) is 2.13. The minimum Gasteiger partial charge on any atom is -0.349 e. The maximum absolute atomic E-state index is 12.7. The Morgan fingerprint density at radius 2 is 1.80 bits per heavy atom. The number of halogens is 1. The lowest BCUT2D eigenvalue weighted by Gasteiger charge is -2.59. The van der Waals surface area contributed by atoms with Crippen molar-refractivity contribution in [2.24, 2.45) is 23.2 Å². The Kier molecular flexibility index (Phi) is 4.02. The summed E-state index contributed by atoms with van der Waals surface area (Å²) >= 11 is 6.11. The van der Waals surface area contributed by atoms with Crippen molar-refractivity contribution in [3.63, 3.8) is 0 Å². The summed E-state index contributed by atoms with van der Waals surface area (Å²) in [7, 11) is 0. The molecule has 0 aromatic heterocycles. The van der Waals surface area contributed by atoms with Gasteiger partial charge < -0.3 is 5.32 Å². The highest BCUT2D eigenvalue weighted by molar-refractivity contribution is 6.33. The third-order valence-electron chi connectivity index (χ3n) is 6.76. The second-order valence-corrected chi connectivity index (χ2v) is 8.80. The molecule has 1 aromatic carbocycles. The number of carbonyl (C=O) groups is 1. The molecule has 25 heavy (non-hydrogen) atoms. The molecule has 0 radical (unpaired) electrons. The van der Waals surface area contributed by atoms with Crippen molar-refractivity contribution < 1.29 is 9.72 Å². The Hall–Kier alpha value is -1.62. The van der Waals surface area contributed by atoms with Gasteiger partial charge in [0.2, 0.25) is 0 Å². The summed E-state index contributed by atoms with van der Waals surface area (Å²) in [4.78, 5) is 23.2. The van der Waals surface area contributed by atoms with Gasteiger partial charge in [0, 0.05) is 18.2 Å². The van der Waals surface area contributed by atoms with Crippen molar-refractivity contribution in [3.05, 3.63) is 38.9 Å². The molecule has 1 N–H and O–H groups in total. The van der Waals surface area contributed by atoms with Crippen molar-refractivity contribution in [3.8, 4) is 0 Å². The highest BCUT2D eigenvalue weighted by atomic mass is 35.5. The van der Waals surface area contributed by atoms with E-state index >= 15 is 0 Å². The van der Waals surface area contributed by atoms with Crippen LogP contribution >= 0.6 is 11.6 Å². The zero-order chi connectivity index (χ0) is 17.8. The Morgan fingerprint density at radius 1 is 1.24 bits per heavy atom. The smallest absolute Gasteiger partial charge is 0.270 e. The molecule has 1 amide bonds. The molecule has 5 nitrogen and oxygen atoms in total. The van der Waals surface area contributed by atoms with Crippen LogP contribution in [0.2, 0.25) is 5.02 Å². The minimum atomic E-state index is -0.504. The molecule has 0 spiro atoms. The summed E-state index contributed by atoms with van der Waals surface area (Å²) in [5.41, 5.74) is 0.266. The summed E-state index contributed by atoms with van der Waals surface area (Å²) in [6.07, 6.45) is 7.67. The molecular weight excluding hydrogens is 340 g/mol. The van der Waals surface area contributed by atoms with Gasteiger partial charge in [-0.15, -0.1) is 0 Å². The first-order chi connectivity index (χ1) is 11.9. The normalized spacial score (nSPS) is 33.9. The SMILES string of the molecule is CC(NC(=O)c1cc([N+](=O)[O-])ccc1Cl)C12CC3CC(CC(C3)C1)C2. The van der Waals surface area contributed by atoms with Gasteiger partial charge in [0.15, 0.2) is 0 Å². The number of hydrogen-bond donors (Lipinski definition) is 1. The van der Waals surface area contributed by atoms with E-state index in [9.17, 15) is 14.9 Å². The minimum absolute atomic E-state index is 0.0590. The lowest BCUT2D eigenvalue weighted by molar-refractivity contribution is -0.384. The molecule has 0 heterocycles. The van der Waals surface area contributed by atoms with Crippen molar-refractivity contribution in [2.75, 3.05) is 0 Å². The molecule has 1 aromatic rings. The van der Waals surface area contributed by atoms with E-state index in [-0.39, 0.29) is 33.6 Å². The van der Waals surface area contributed by atoms with Gasteiger partial charge in [0.1, 0.15) is 0 Å². The number of nitrogens with zero attached hydrogens (tertiary/aromatic N) is 1. The maximum atomic E-state index is 12.7. The number of carbonyl (C=O) groups excluding carboxylic acids is 1. The average molecular weight is 363 g/mol. The van der Waals surface area contributed by atoms with E-state index in [0.29, 0.717) is 0 Å². The van der Waals surface area contributed by atoms with Crippen molar-refractivity contribution >= 4 is 23.2 Å². The van der Waals surface area contributed by atoms with E-state index in [2.05, 4.69) is 12.2 Å². The molecule has 1 unspecified atom stereocenters. The number of nitro groups is 1. The van der Waals surface area contributed by atoms with Crippen LogP contribution < -0.4 is 5.32 Å². The van der Waals surface area contributed by atoms with E-state index < -0.39 is 4.92 Å². The second kappa shape index (κ2) is 5.97. The van der Waals surface area contributed by atoms with Crippen LogP contribution in [-0.2, 0) is 0 Å². The first-order valence-corrected chi connectivity index (χ1v) is 9.49. The Labute approximate surface area is 152 Å². The standard InChI is InChI=1S/C19H23ClN2O3/c1-11(19-8-12-4-13(9-19)6-14(5-12)10-19)21-18(23)16-7-15(22(24)25)2-3-17(16)20/h2-3,7,11-14H,4-6,8-10H2,1H3,(H,21,23). The number of rotatable bonds is 4. The highest BCUT2D eigenvalue weighted by Crippen LogP contribution is 2.61. The summed E-state index contributed by atoms with van der Waals surface area (Å²) in [5, 5.41) is 14.3. The fraction of sp³-hybridized carbons (Fsp3) is 0.632. The molecular formula is C19H23ClN2O3. The highest BCUT2D eigenvalue weighted by Gasteiger charge is 2.53. The van der Waals surface area contributed by atoms with Crippen LogP contribution in [-0.4, -0.2) is 16.9 Å². The van der Waals surface area contributed by atoms with Crippen LogP contribution in [0, 0.1) is 33.3 Å². The van der Waals surface area contributed by atoms with E-state index in [1.807, 2.05) is 0 Å². The van der Waals surface area contributed by atoms with Gasteiger partial charge in [-0.1, -0.05) is 11.6 Å². The zero-order valence-corrected chi connectivity index (χ0v) is 15.1. The van der Waals surface area contributed by atoms with Crippen LogP contribution in [0.5, 0.6) is 0 Å². The molecule has 1 atom stereocenters. The molecule has 134 valence electrons. The molecule has 0 saturated heterocycles.